The first-order chi connectivity index (χ1) is 10.6. The Morgan fingerprint density at radius 1 is 1.32 bits per heavy atom. The highest BCUT2D eigenvalue weighted by Gasteiger charge is 2.21. The minimum Gasteiger partial charge on any atom is -0.289 e. The summed E-state index contributed by atoms with van der Waals surface area (Å²) in [5.41, 5.74) is 1.42. The third-order valence-corrected chi connectivity index (χ3v) is 3.38. The zero-order valence-corrected chi connectivity index (χ0v) is 13.0. The van der Waals surface area contributed by atoms with Gasteiger partial charge in [0.05, 0.1) is 11.3 Å². The van der Waals surface area contributed by atoms with Gasteiger partial charge >= 0.3 is 0 Å². The van der Waals surface area contributed by atoms with Crippen LogP contribution in [0, 0.1) is 0 Å². The molecule has 1 aromatic carbocycles. The summed E-state index contributed by atoms with van der Waals surface area (Å²) in [6.45, 7) is 2.39. The summed E-state index contributed by atoms with van der Waals surface area (Å²) in [6, 6.07) is 7.10. The zero-order chi connectivity index (χ0) is 15.9. The molecule has 22 heavy (non-hydrogen) atoms. The van der Waals surface area contributed by atoms with Gasteiger partial charge in [0.2, 0.25) is 5.78 Å². The van der Waals surface area contributed by atoms with Gasteiger partial charge in [-0.2, -0.15) is 0 Å². The molecule has 1 aliphatic carbocycles. The minimum absolute atomic E-state index is 0.145. The molecule has 0 amide bonds. The molecule has 0 bridgehead atoms. The molecule has 3 nitrogen and oxygen atoms in total. The van der Waals surface area contributed by atoms with E-state index in [0.29, 0.717) is 23.7 Å². The van der Waals surface area contributed by atoms with E-state index in [1.807, 2.05) is 13.0 Å². The molecule has 2 rings (SSSR count). The fourth-order valence-corrected chi connectivity index (χ4v) is 2.15. The number of benzene rings is 1. The van der Waals surface area contributed by atoms with Crippen LogP contribution in [0.15, 0.2) is 59.1 Å². The first-order valence-electron chi connectivity index (χ1n) is 7.04. The fourth-order valence-electron chi connectivity index (χ4n) is 2.02. The van der Waals surface area contributed by atoms with Gasteiger partial charge in [-0.05, 0) is 36.8 Å². The number of nitrogens with zero attached hydrogens (tertiary/aromatic N) is 1. The summed E-state index contributed by atoms with van der Waals surface area (Å²) < 4.78 is 0. The molecular weight excluding hydrogens is 298 g/mol. The zero-order valence-electron chi connectivity index (χ0n) is 12.3. The lowest BCUT2D eigenvalue weighted by atomic mass is 10.0. The van der Waals surface area contributed by atoms with Crippen molar-refractivity contribution in [3.63, 3.8) is 0 Å². The molecule has 0 aromatic heterocycles. The van der Waals surface area contributed by atoms with Crippen LogP contribution in [-0.4, -0.2) is 23.8 Å². The van der Waals surface area contributed by atoms with Crippen LogP contribution in [0.3, 0.4) is 0 Å². The average Bonchev–Trinajstić information content (AvgIpc) is 2.69. The number of hydrogen-bond donors (Lipinski definition) is 0. The van der Waals surface area contributed by atoms with Crippen LogP contribution in [0.4, 0.5) is 0 Å². The summed E-state index contributed by atoms with van der Waals surface area (Å²) >= 11 is 5.81. The largest absolute Gasteiger partial charge is 0.289 e. The molecule has 0 saturated heterocycles. The van der Waals surface area contributed by atoms with Crippen LogP contribution >= 0.6 is 11.6 Å². The lowest BCUT2D eigenvalue weighted by molar-refractivity contribution is -0.116. The number of hydrogen-bond acceptors (Lipinski definition) is 3. The van der Waals surface area contributed by atoms with Gasteiger partial charge in [0.1, 0.15) is 0 Å². The molecule has 112 valence electrons. The first-order valence-corrected chi connectivity index (χ1v) is 7.42. The van der Waals surface area contributed by atoms with Crippen molar-refractivity contribution in [1.82, 2.24) is 0 Å². The molecule has 0 heterocycles. The van der Waals surface area contributed by atoms with Gasteiger partial charge in [-0.15, -0.1) is 0 Å². The third-order valence-electron chi connectivity index (χ3n) is 3.13. The Balaban J connectivity index is 2.19. The minimum atomic E-state index is -0.324. The third kappa shape index (κ3) is 4.12. The molecule has 0 fully saturated rings. The van der Waals surface area contributed by atoms with Crippen molar-refractivity contribution in [2.24, 2.45) is 4.99 Å². The van der Waals surface area contributed by atoms with E-state index in [-0.39, 0.29) is 17.1 Å². The highest BCUT2D eigenvalue weighted by molar-refractivity contribution is 6.53. The van der Waals surface area contributed by atoms with Crippen LogP contribution in [0.1, 0.15) is 18.9 Å². The predicted octanol–water partition coefficient (Wildman–Crippen LogP) is 3.84. The number of carbonyl (C=O) groups is 2. The maximum absolute atomic E-state index is 12.3. The second-order valence-electron chi connectivity index (χ2n) is 4.71. The number of ketones is 2. The molecule has 0 aliphatic heterocycles. The molecule has 0 spiro atoms. The van der Waals surface area contributed by atoms with E-state index in [0.717, 1.165) is 5.56 Å². The van der Waals surface area contributed by atoms with E-state index < -0.39 is 0 Å². The van der Waals surface area contributed by atoms with Gasteiger partial charge in [-0.1, -0.05) is 42.0 Å². The Morgan fingerprint density at radius 3 is 2.73 bits per heavy atom. The lowest BCUT2D eigenvalue weighted by Gasteiger charge is -2.03. The Kier molecular flexibility index (Phi) is 5.61. The van der Waals surface area contributed by atoms with Crippen LogP contribution in [0.25, 0.3) is 6.08 Å². The first kappa shape index (κ1) is 16.1. The molecule has 0 unspecified atom stereocenters. The monoisotopic (exact) mass is 313 g/mol. The van der Waals surface area contributed by atoms with E-state index >= 15 is 0 Å². The predicted molar refractivity (Wildman–Crippen MR) is 90.3 cm³/mol. The molecular formula is C18H16ClNO2. The van der Waals surface area contributed by atoms with Crippen LogP contribution < -0.4 is 0 Å². The summed E-state index contributed by atoms with van der Waals surface area (Å²) in [5, 5.41) is 0.635. The molecule has 0 atom stereocenters. The summed E-state index contributed by atoms with van der Waals surface area (Å²) in [4.78, 5) is 28.8. The molecule has 0 saturated carbocycles. The Morgan fingerprint density at radius 2 is 2.05 bits per heavy atom. The lowest BCUT2D eigenvalue weighted by Crippen LogP contribution is -2.20. The van der Waals surface area contributed by atoms with Crippen molar-refractivity contribution in [3.05, 3.63) is 64.7 Å². The number of rotatable bonds is 4. The van der Waals surface area contributed by atoms with Gasteiger partial charge in [0.15, 0.2) is 5.78 Å². The molecule has 1 aromatic rings. The summed E-state index contributed by atoms with van der Waals surface area (Å²) in [6.07, 6.45) is 8.62. The molecule has 0 radical (unpaired) electrons. The number of Topliss-reactive ketones (excluding diaryl/α,β-unsaturated/α-hetero) is 1. The molecule has 4 heteroatoms. The van der Waals surface area contributed by atoms with E-state index in [2.05, 4.69) is 4.99 Å². The van der Waals surface area contributed by atoms with Gasteiger partial charge in [-0.3, -0.25) is 14.6 Å². The quantitative estimate of drug-likeness (QED) is 0.626. The van der Waals surface area contributed by atoms with Gasteiger partial charge in [0.25, 0.3) is 0 Å². The average molecular weight is 314 g/mol. The smallest absolute Gasteiger partial charge is 0.210 e. The highest BCUT2D eigenvalue weighted by Crippen LogP contribution is 2.13. The fraction of sp³-hybridized carbons (Fsp3) is 0.167. The second-order valence-corrected chi connectivity index (χ2v) is 5.15. The number of halogens is 1. The summed E-state index contributed by atoms with van der Waals surface area (Å²) in [5.74, 6) is -0.618. The van der Waals surface area contributed by atoms with E-state index in [1.165, 1.54) is 6.08 Å². The standard InChI is InChI=1S/C18H16ClNO2/c1-2-20-16-6-4-3-5-15(18(16)22)17(21)12-9-13-7-10-14(19)11-8-13/h3-5,7-12H,2,6H2,1H3/b12-9+,20-16?. The summed E-state index contributed by atoms with van der Waals surface area (Å²) in [7, 11) is 0. The van der Waals surface area contributed by atoms with Crippen molar-refractivity contribution < 1.29 is 9.59 Å². The van der Waals surface area contributed by atoms with Crippen LogP contribution in [-0.2, 0) is 9.59 Å². The normalized spacial score (nSPS) is 16.9. The SMILES string of the molecule is CCN=C1CC=CC=C(C(=O)/C=C/c2ccc(Cl)cc2)C1=O. The van der Waals surface area contributed by atoms with E-state index in [4.69, 9.17) is 11.6 Å². The maximum atomic E-state index is 12.3. The van der Waals surface area contributed by atoms with E-state index in [1.54, 1.807) is 42.5 Å². The number of aliphatic imine (C=N–C) groups is 1. The Bertz CT molecular complexity index is 694. The topological polar surface area (TPSA) is 46.5 Å². The highest BCUT2D eigenvalue weighted by atomic mass is 35.5. The van der Waals surface area contributed by atoms with Crippen molar-refractivity contribution in [2.75, 3.05) is 6.54 Å². The van der Waals surface area contributed by atoms with Crippen molar-refractivity contribution >= 4 is 35.0 Å². The number of allylic oxidation sites excluding steroid dienone is 5. The molecule has 0 N–H and O–H groups in total. The van der Waals surface area contributed by atoms with Gasteiger partial charge in [-0.25, -0.2) is 0 Å². The van der Waals surface area contributed by atoms with Crippen molar-refractivity contribution in [3.8, 4) is 0 Å². The van der Waals surface area contributed by atoms with Crippen LogP contribution in [0.5, 0.6) is 0 Å². The van der Waals surface area contributed by atoms with Crippen molar-refractivity contribution in [2.45, 2.75) is 13.3 Å². The Hall–Kier alpha value is -2.26. The Labute approximate surface area is 134 Å². The maximum Gasteiger partial charge on any atom is 0.210 e. The van der Waals surface area contributed by atoms with Gasteiger partial charge < -0.3 is 0 Å². The second kappa shape index (κ2) is 7.66. The number of carbonyl (C=O) groups excluding carboxylic acids is 2. The van der Waals surface area contributed by atoms with Crippen molar-refractivity contribution in [1.29, 1.82) is 0 Å². The molecule has 1 aliphatic rings. The van der Waals surface area contributed by atoms with E-state index in [9.17, 15) is 9.59 Å². The van der Waals surface area contributed by atoms with Crippen LogP contribution in [0.2, 0.25) is 5.02 Å². The van der Waals surface area contributed by atoms with Gasteiger partial charge in [0, 0.05) is 18.0 Å².